The number of hydrogen-bond donors (Lipinski definition) is 2. The lowest BCUT2D eigenvalue weighted by molar-refractivity contribution is -0.139. The zero-order valence-corrected chi connectivity index (χ0v) is 26.0. The molecule has 45 heavy (non-hydrogen) atoms. The van der Waals surface area contributed by atoms with Crippen molar-refractivity contribution in [2.45, 2.75) is 24.8 Å². The van der Waals surface area contributed by atoms with E-state index in [1.165, 1.54) is 5.56 Å². The number of para-hydroxylation sites is 2. The van der Waals surface area contributed by atoms with Crippen molar-refractivity contribution >= 4 is 27.8 Å². The summed E-state index contributed by atoms with van der Waals surface area (Å²) in [5.41, 5.74) is 4.21. The zero-order valence-electron chi connectivity index (χ0n) is 24.4. The van der Waals surface area contributed by atoms with Gasteiger partial charge in [0.05, 0.1) is 12.2 Å². The van der Waals surface area contributed by atoms with Gasteiger partial charge in [0.2, 0.25) is 0 Å². The number of carbonyl (C=O) groups is 2. The number of nitrogens with one attached hydrogen (secondary N) is 1. The molecule has 1 aliphatic carbocycles. The third kappa shape index (κ3) is 7.62. The van der Waals surface area contributed by atoms with Crippen LogP contribution in [-0.2, 0) is 11.2 Å². The van der Waals surface area contributed by atoms with Crippen molar-refractivity contribution in [3.63, 3.8) is 0 Å². The molecular formula is C38H32BrNO5. The van der Waals surface area contributed by atoms with E-state index < -0.39 is 17.9 Å². The van der Waals surface area contributed by atoms with Crippen LogP contribution in [0.15, 0.2) is 132 Å². The van der Waals surface area contributed by atoms with Crippen molar-refractivity contribution in [2.75, 3.05) is 6.61 Å². The molecule has 2 N–H and O–H groups in total. The number of carboxylic acid groups (broad SMARTS) is 1. The first-order valence-electron chi connectivity index (χ1n) is 14.9. The van der Waals surface area contributed by atoms with Crippen molar-refractivity contribution < 1.29 is 24.2 Å². The molecule has 6 rings (SSSR count). The normalized spacial score (nSPS) is 15.9. The summed E-state index contributed by atoms with van der Waals surface area (Å²) in [6.45, 7) is 0.482. The summed E-state index contributed by atoms with van der Waals surface area (Å²) < 4.78 is 12.9. The van der Waals surface area contributed by atoms with Gasteiger partial charge in [-0.2, -0.15) is 0 Å². The molecule has 0 radical (unpaired) electrons. The van der Waals surface area contributed by atoms with Crippen LogP contribution in [0.1, 0.15) is 33.8 Å². The molecule has 1 aliphatic rings. The fourth-order valence-electron chi connectivity index (χ4n) is 5.44. The number of carboxylic acids is 1. The van der Waals surface area contributed by atoms with E-state index in [4.69, 9.17) is 9.47 Å². The van der Waals surface area contributed by atoms with Gasteiger partial charge in [-0.3, -0.25) is 4.79 Å². The van der Waals surface area contributed by atoms with Crippen LogP contribution in [-0.4, -0.2) is 29.6 Å². The molecule has 0 bridgehead atoms. The Balaban J connectivity index is 1.11. The first-order valence-corrected chi connectivity index (χ1v) is 15.7. The van der Waals surface area contributed by atoms with Gasteiger partial charge in [0.1, 0.15) is 23.3 Å². The quantitative estimate of drug-likeness (QED) is 0.140. The Morgan fingerprint density at radius 3 is 2.24 bits per heavy atom. The van der Waals surface area contributed by atoms with Gasteiger partial charge < -0.3 is 19.9 Å². The standard InChI is InChI=1S/C38H32BrNO5/c39-29-19-20-35(44-24-28-22-32(28)26-9-3-1-4-10-26)33(23-29)37(41)40-34(38(42)43)21-25-15-17-27(18-16-25)31-13-7-8-14-36(31)45-30-11-5-2-6-12-30/h1-20,23,28,32,34H,21-22,24H2,(H,40,41)(H,42,43). The Labute approximate surface area is 270 Å². The highest BCUT2D eigenvalue weighted by Crippen LogP contribution is 2.47. The number of hydrogen-bond acceptors (Lipinski definition) is 4. The van der Waals surface area contributed by atoms with Crippen LogP contribution >= 0.6 is 15.9 Å². The Morgan fingerprint density at radius 1 is 0.822 bits per heavy atom. The maximum atomic E-state index is 13.4. The molecule has 3 unspecified atom stereocenters. The van der Waals surface area contributed by atoms with E-state index in [0.717, 1.165) is 34.6 Å². The second-order valence-corrected chi connectivity index (χ2v) is 12.1. The van der Waals surface area contributed by atoms with Crippen LogP contribution in [0, 0.1) is 5.92 Å². The molecule has 1 saturated carbocycles. The molecule has 7 heteroatoms. The topological polar surface area (TPSA) is 84.9 Å². The second kappa shape index (κ2) is 13.8. The van der Waals surface area contributed by atoms with Crippen LogP contribution in [0.25, 0.3) is 11.1 Å². The lowest BCUT2D eigenvalue weighted by Crippen LogP contribution is -2.42. The molecule has 0 saturated heterocycles. The van der Waals surface area contributed by atoms with Gasteiger partial charge in [-0.15, -0.1) is 0 Å². The van der Waals surface area contributed by atoms with Gasteiger partial charge in [0, 0.05) is 22.4 Å². The van der Waals surface area contributed by atoms with Crippen molar-refractivity contribution in [1.29, 1.82) is 0 Å². The van der Waals surface area contributed by atoms with Crippen LogP contribution in [0.5, 0.6) is 17.2 Å². The van der Waals surface area contributed by atoms with E-state index in [1.807, 2.05) is 103 Å². The van der Waals surface area contributed by atoms with Crippen molar-refractivity contribution in [3.05, 3.63) is 149 Å². The molecule has 5 aromatic carbocycles. The minimum atomic E-state index is -1.13. The zero-order chi connectivity index (χ0) is 31.2. The van der Waals surface area contributed by atoms with Gasteiger partial charge in [-0.05, 0) is 65.4 Å². The van der Waals surface area contributed by atoms with E-state index in [0.29, 0.717) is 28.7 Å². The Bertz CT molecular complexity index is 1780. The van der Waals surface area contributed by atoms with E-state index in [9.17, 15) is 14.7 Å². The molecule has 1 fully saturated rings. The van der Waals surface area contributed by atoms with Crippen molar-refractivity contribution in [1.82, 2.24) is 5.32 Å². The predicted octanol–water partition coefficient (Wildman–Crippen LogP) is 8.52. The number of aliphatic carboxylic acids is 1. The number of carbonyl (C=O) groups excluding carboxylic acids is 1. The van der Waals surface area contributed by atoms with Crippen LogP contribution in [0.2, 0.25) is 0 Å². The minimum absolute atomic E-state index is 0.120. The smallest absolute Gasteiger partial charge is 0.326 e. The summed E-state index contributed by atoms with van der Waals surface area (Å²) in [5.74, 6) is 1.10. The molecule has 0 aliphatic heterocycles. The Kier molecular flexibility index (Phi) is 9.27. The monoisotopic (exact) mass is 661 g/mol. The van der Waals surface area contributed by atoms with Gasteiger partial charge in [-0.25, -0.2) is 4.79 Å². The summed E-state index contributed by atoms with van der Waals surface area (Å²) in [6, 6.07) is 39.4. The first-order chi connectivity index (χ1) is 21.9. The highest BCUT2D eigenvalue weighted by molar-refractivity contribution is 9.10. The van der Waals surface area contributed by atoms with Crippen LogP contribution in [0.3, 0.4) is 0 Å². The van der Waals surface area contributed by atoms with Crippen LogP contribution in [0.4, 0.5) is 0 Å². The lowest BCUT2D eigenvalue weighted by atomic mass is 9.99. The molecule has 1 amide bonds. The Hall–Kier alpha value is -4.88. The number of amides is 1. The molecule has 0 aromatic heterocycles. The summed E-state index contributed by atoms with van der Waals surface area (Å²) in [5, 5.41) is 12.7. The highest BCUT2D eigenvalue weighted by Gasteiger charge is 2.39. The van der Waals surface area contributed by atoms with Crippen LogP contribution < -0.4 is 14.8 Å². The Morgan fingerprint density at radius 2 is 1.51 bits per heavy atom. The van der Waals surface area contributed by atoms with E-state index in [1.54, 1.807) is 12.1 Å². The van der Waals surface area contributed by atoms with Gasteiger partial charge in [-0.1, -0.05) is 107 Å². The molecule has 3 atom stereocenters. The van der Waals surface area contributed by atoms with Gasteiger partial charge in [0.25, 0.3) is 5.91 Å². The predicted molar refractivity (Wildman–Crippen MR) is 178 cm³/mol. The molecular weight excluding hydrogens is 630 g/mol. The third-order valence-corrected chi connectivity index (χ3v) is 8.45. The summed E-state index contributed by atoms with van der Waals surface area (Å²) in [4.78, 5) is 25.7. The highest BCUT2D eigenvalue weighted by atomic mass is 79.9. The number of rotatable bonds is 12. The number of benzene rings is 5. The van der Waals surface area contributed by atoms with Crippen molar-refractivity contribution in [3.8, 4) is 28.4 Å². The molecule has 6 nitrogen and oxygen atoms in total. The fourth-order valence-corrected chi connectivity index (χ4v) is 5.81. The van der Waals surface area contributed by atoms with Gasteiger partial charge >= 0.3 is 5.97 Å². The molecule has 0 spiro atoms. The minimum Gasteiger partial charge on any atom is -0.492 e. The number of ether oxygens (including phenoxy) is 2. The van der Waals surface area contributed by atoms with E-state index >= 15 is 0 Å². The average Bonchev–Trinajstić information content (AvgIpc) is 3.85. The summed E-state index contributed by atoms with van der Waals surface area (Å²) in [6.07, 6.45) is 1.15. The lowest BCUT2D eigenvalue weighted by Gasteiger charge is -2.17. The summed E-state index contributed by atoms with van der Waals surface area (Å²) in [7, 11) is 0. The average molecular weight is 663 g/mol. The third-order valence-electron chi connectivity index (χ3n) is 7.96. The van der Waals surface area contributed by atoms with E-state index in [-0.39, 0.29) is 12.0 Å². The molecule has 226 valence electrons. The second-order valence-electron chi connectivity index (χ2n) is 11.1. The first kappa shape index (κ1) is 30.2. The molecule has 5 aromatic rings. The van der Waals surface area contributed by atoms with E-state index in [2.05, 4.69) is 33.4 Å². The van der Waals surface area contributed by atoms with Gasteiger partial charge in [0.15, 0.2) is 0 Å². The maximum Gasteiger partial charge on any atom is 0.326 e. The largest absolute Gasteiger partial charge is 0.492 e. The number of halogens is 1. The molecule has 0 heterocycles. The fraction of sp³-hybridized carbons (Fsp3) is 0.158. The maximum absolute atomic E-state index is 13.4. The van der Waals surface area contributed by atoms with Crippen molar-refractivity contribution in [2.24, 2.45) is 5.92 Å². The SMILES string of the molecule is O=C(NC(Cc1ccc(-c2ccccc2Oc2ccccc2)cc1)C(=O)O)c1cc(Br)ccc1OCC1CC1c1ccccc1. The summed E-state index contributed by atoms with van der Waals surface area (Å²) >= 11 is 3.43.